The summed E-state index contributed by atoms with van der Waals surface area (Å²) in [5.74, 6) is 0. The minimum absolute atomic E-state index is 0.425. The second kappa shape index (κ2) is 6.68. The fourth-order valence-electron chi connectivity index (χ4n) is 3.07. The summed E-state index contributed by atoms with van der Waals surface area (Å²) in [7, 11) is 0. The van der Waals surface area contributed by atoms with E-state index in [-0.39, 0.29) is 0 Å². The standard InChI is InChI=1S/C20H10Cl4N4/c21-17-9-1-2-10(25-9)18(22)12-5-6-14(27-12)20(24)16-8-7-15(28-16)19(23)13-4-3-11(17)26-13/h1-8,25-26H. The van der Waals surface area contributed by atoms with Gasteiger partial charge in [-0.15, -0.1) is 0 Å². The molecule has 5 rings (SSSR count). The van der Waals surface area contributed by atoms with Gasteiger partial charge in [-0.2, -0.15) is 0 Å². The van der Waals surface area contributed by atoms with Gasteiger partial charge in [0.1, 0.15) is 0 Å². The highest BCUT2D eigenvalue weighted by Gasteiger charge is 2.14. The molecule has 4 nitrogen and oxygen atoms in total. The maximum Gasteiger partial charge on any atom is 0.0919 e. The highest BCUT2D eigenvalue weighted by molar-refractivity contribution is 6.38. The maximum atomic E-state index is 6.57. The van der Waals surface area contributed by atoms with Crippen molar-refractivity contribution in [1.82, 2.24) is 19.9 Å². The zero-order valence-electron chi connectivity index (χ0n) is 14.0. The summed E-state index contributed by atoms with van der Waals surface area (Å²) >= 11 is 26.2. The first-order valence-electron chi connectivity index (χ1n) is 8.29. The zero-order chi connectivity index (χ0) is 19.4. The molecule has 8 heteroatoms. The van der Waals surface area contributed by atoms with Crippen LogP contribution in [0, 0.1) is 0 Å². The molecular weight excluding hydrogens is 438 g/mol. The summed E-state index contributed by atoms with van der Waals surface area (Å²) < 4.78 is 0. The second-order valence-electron chi connectivity index (χ2n) is 6.26. The molecule has 138 valence electrons. The number of nitrogens with zero attached hydrogens (tertiary/aromatic N) is 2. The molecule has 2 aliphatic heterocycles. The highest BCUT2D eigenvalue weighted by atomic mass is 35.5. The number of nitrogens with one attached hydrogen (secondary N) is 2. The summed E-state index contributed by atoms with van der Waals surface area (Å²) in [6.45, 7) is 0. The average molecular weight is 448 g/mol. The van der Waals surface area contributed by atoms with Gasteiger partial charge in [0.25, 0.3) is 0 Å². The van der Waals surface area contributed by atoms with Gasteiger partial charge in [-0.25, -0.2) is 9.97 Å². The molecule has 3 aromatic heterocycles. The minimum Gasteiger partial charge on any atom is -0.353 e. The number of rotatable bonds is 0. The molecule has 2 aliphatic rings. The van der Waals surface area contributed by atoms with Crippen LogP contribution in [0.25, 0.3) is 46.4 Å². The Balaban J connectivity index is 1.97. The topological polar surface area (TPSA) is 57.4 Å². The molecule has 0 aliphatic carbocycles. The third-order valence-corrected chi connectivity index (χ3v) is 6.09. The monoisotopic (exact) mass is 446 g/mol. The number of fused-ring (bicyclic) bond motifs is 8. The smallest absolute Gasteiger partial charge is 0.0919 e. The van der Waals surface area contributed by atoms with Crippen LogP contribution in [-0.4, -0.2) is 19.9 Å². The largest absolute Gasteiger partial charge is 0.353 e. The van der Waals surface area contributed by atoms with E-state index in [4.69, 9.17) is 46.4 Å². The molecule has 0 spiro atoms. The van der Waals surface area contributed by atoms with E-state index in [1.807, 2.05) is 36.4 Å². The number of hydrogen-bond donors (Lipinski definition) is 2. The van der Waals surface area contributed by atoms with Gasteiger partial charge >= 0.3 is 0 Å². The van der Waals surface area contributed by atoms with Gasteiger partial charge in [0.05, 0.1) is 64.9 Å². The van der Waals surface area contributed by atoms with Crippen molar-refractivity contribution in [3.8, 4) is 0 Å². The van der Waals surface area contributed by atoms with E-state index in [0.717, 1.165) is 11.0 Å². The summed E-state index contributed by atoms with van der Waals surface area (Å²) in [4.78, 5) is 15.5. The van der Waals surface area contributed by atoms with Crippen molar-refractivity contribution in [2.45, 2.75) is 0 Å². The lowest BCUT2D eigenvalue weighted by Crippen LogP contribution is -1.83. The lowest BCUT2D eigenvalue weighted by atomic mass is 10.3. The molecule has 0 atom stereocenters. The molecule has 0 amide bonds. The van der Waals surface area contributed by atoms with E-state index in [0.29, 0.717) is 53.9 Å². The Morgan fingerprint density at radius 3 is 1.18 bits per heavy atom. The average Bonchev–Trinajstić information content (AvgIpc) is 3.49. The Bertz CT molecular complexity index is 1260. The lowest BCUT2D eigenvalue weighted by Gasteiger charge is -1.94. The van der Waals surface area contributed by atoms with Crippen molar-refractivity contribution in [3.05, 3.63) is 67.1 Å². The van der Waals surface area contributed by atoms with E-state index < -0.39 is 0 Å². The first-order valence-corrected chi connectivity index (χ1v) is 9.80. The van der Waals surface area contributed by atoms with Crippen LogP contribution in [0.1, 0.15) is 22.8 Å². The van der Waals surface area contributed by atoms with Crippen molar-refractivity contribution in [1.29, 1.82) is 0 Å². The van der Waals surface area contributed by atoms with Gasteiger partial charge in [0.2, 0.25) is 0 Å². The molecule has 0 fully saturated rings. The van der Waals surface area contributed by atoms with E-state index >= 15 is 0 Å². The number of H-pyrrole nitrogens is 2. The Hall–Kier alpha value is -2.24. The maximum absolute atomic E-state index is 6.57. The van der Waals surface area contributed by atoms with Crippen molar-refractivity contribution in [3.63, 3.8) is 0 Å². The molecule has 28 heavy (non-hydrogen) atoms. The third kappa shape index (κ3) is 2.85. The van der Waals surface area contributed by atoms with Gasteiger partial charge in [-0.1, -0.05) is 46.4 Å². The summed E-state index contributed by atoms with van der Waals surface area (Å²) in [6.07, 6.45) is 7.22. The quantitative estimate of drug-likeness (QED) is 0.262. The Morgan fingerprint density at radius 1 is 0.464 bits per heavy atom. The molecular formula is C20H10Cl4N4. The number of halogens is 4. The van der Waals surface area contributed by atoms with Gasteiger partial charge in [-0.05, 0) is 48.6 Å². The van der Waals surface area contributed by atoms with Gasteiger partial charge in [-0.3, -0.25) is 0 Å². The summed E-state index contributed by atoms with van der Waals surface area (Å²) in [6, 6.07) is 7.42. The van der Waals surface area contributed by atoms with Crippen LogP contribution in [-0.2, 0) is 0 Å². The van der Waals surface area contributed by atoms with Crippen molar-refractivity contribution in [2.24, 2.45) is 0 Å². The molecule has 2 N–H and O–H groups in total. The predicted octanol–water partition coefficient (Wildman–Crippen LogP) is 7.27. The van der Waals surface area contributed by atoms with Gasteiger partial charge in [0, 0.05) is 0 Å². The predicted molar refractivity (Wildman–Crippen MR) is 119 cm³/mol. The molecule has 3 aromatic rings. The summed E-state index contributed by atoms with van der Waals surface area (Å²) in [5.41, 5.74) is 5.21. The highest BCUT2D eigenvalue weighted by Crippen LogP contribution is 2.32. The normalized spacial score (nSPS) is 12.7. The van der Waals surface area contributed by atoms with Crippen molar-refractivity contribution in [2.75, 3.05) is 0 Å². The van der Waals surface area contributed by atoms with Crippen LogP contribution in [0.4, 0.5) is 0 Å². The molecule has 0 saturated carbocycles. The molecule has 8 bridgehead atoms. The molecule has 0 saturated heterocycles. The Morgan fingerprint density at radius 2 is 0.786 bits per heavy atom. The molecule has 0 aromatic carbocycles. The fourth-order valence-corrected chi connectivity index (χ4v) is 3.93. The van der Waals surface area contributed by atoms with E-state index in [1.165, 1.54) is 0 Å². The van der Waals surface area contributed by atoms with Crippen LogP contribution in [0.15, 0.2) is 24.3 Å². The molecule has 0 radical (unpaired) electrons. The van der Waals surface area contributed by atoms with Crippen LogP contribution < -0.4 is 0 Å². The third-order valence-electron chi connectivity index (χ3n) is 4.50. The van der Waals surface area contributed by atoms with E-state index in [9.17, 15) is 0 Å². The van der Waals surface area contributed by atoms with Gasteiger partial charge < -0.3 is 9.97 Å². The first kappa shape index (κ1) is 17.8. The Labute approximate surface area is 179 Å². The molecule has 5 heterocycles. The lowest BCUT2D eigenvalue weighted by molar-refractivity contribution is 1.27. The number of aromatic amines is 2. The number of aromatic nitrogens is 4. The SMILES string of the molecule is Clc1c2nc(c(Cl)c3ccc([nH]3)c(Cl)c3ccc([nH]3)c(Cl)c3nc1C=C3)C=C2. The van der Waals surface area contributed by atoms with Crippen LogP contribution >= 0.6 is 46.4 Å². The summed E-state index contributed by atoms with van der Waals surface area (Å²) in [5, 5.41) is 1.88. The second-order valence-corrected chi connectivity index (χ2v) is 7.77. The van der Waals surface area contributed by atoms with Crippen molar-refractivity contribution >= 4 is 92.8 Å². The molecule has 0 unspecified atom stereocenters. The van der Waals surface area contributed by atoms with Crippen LogP contribution in [0.3, 0.4) is 0 Å². The van der Waals surface area contributed by atoms with Crippen LogP contribution in [0.5, 0.6) is 0 Å². The van der Waals surface area contributed by atoms with Gasteiger partial charge in [0.15, 0.2) is 0 Å². The zero-order valence-corrected chi connectivity index (χ0v) is 17.0. The number of hydrogen-bond acceptors (Lipinski definition) is 2. The minimum atomic E-state index is 0.425. The fraction of sp³-hybridized carbons (Fsp3) is 0. The van der Waals surface area contributed by atoms with E-state index in [1.54, 1.807) is 12.2 Å². The van der Waals surface area contributed by atoms with Crippen LogP contribution in [0.2, 0.25) is 20.1 Å². The Kier molecular flexibility index (Phi) is 4.25. The first-order chi connectivity index (χ1) is 13.5. The van der Waals surface area contributed by atoms with E-state index in [2.05, 4.69) is 19.9 Å². The van der Waals surface area contributed by atoms with Crippen molar-refractivity contribution < 1.29 is 0 Å².